The van der Waals surface area contributed by atoms with Crippen LogP contribution in [0.4, 0.5) is 0 Å². The van der Waals surface area contributed by atoms with Gasteiger partial charge in [-0.1, -0.05) is 30.3 Å². The van der Waals surface area contributed by atoms with Gasteiger partial charge in [-0.25, -0.2) is 0 Å². The Kier molecular flexibility index (Phi) is 4.15. The minimum Gasteiger partial charge on any atom is -0.379 e. The van der Waals surface area contributed by atoms with Gasteiger partial charge in [0.2, 0.25) is 0 Å². The molecule has 1 atom stereocenters. The maximum atomic E-state index is 6.26. The van der Waals surface area contributed by atoms with Gasteiger partial charge in [0.25, 0.3) is 0 Å². The molecule has 1 aliphatic heterocycles. The van der Waals surface area contributed by atoms with Gasteiger partial charge in [0.05, 0.1) is 12.1 Å². The van der Waals surface area contributed by atoms with Gasteiger partial charge in [0.1, 0.15) is 0 Å². The van der Waals surface area contributed by atoms with Gasteiger partial charge in [-0.3, -0.25) is 0 Å². The Morgan fingerprint density at radius 2 is 2.12 bits per heavy atom. The van der Waals surface area contributed by atoms with Crippen molar-refractivity contribution >= 4 is 0 Å². The standard InChI is InChI=1S/C14H22N2O/c1-16(11-14(15)8-10-17-12-14)9-7-13-5-3-2-4-6-13/h2-6H,7-12,15H2,1H3. The molecule has 1 saturated heterocycles. The van der Waals surface area contributed by atoms with E-state index in [-0.39, 0.29) is 5.54 Å². The number of hydrogen-bond donors (Lipinski definition) is 1. The van der Waals surface area contributed by atoms with E-state index in [1.54, 1.807) is 0 Å². The lowest BCUT2D eigenvalue weighted by Crippen LogP contribution is -2.50. The fourth-order valence-electron chi connectivity index (χ4n) is 2.33. The Balaban J connectivity index is 1.76. The van der Waals surface area contributed by atoms with Crippen molar-refractivity contribution in [3.8, 4) is 0 Å². The number of benzene rings is 1. The first-order valence-electron chi connectivity index (χ1n) is 6.27. The molecule has 3 nitrogen and oxygen atoms in total. The quantitative estimate of drug-likeness (QED) is 0.834. The van der Waals surface area contributed by atoms with Gasteiger partial charge in [-0.15, -0.1) is 0 Å². The average molecular weight is 234 g/mol. The summed E-state index contributed by atoms with van der Waals surface area (Å²) < 4.78 is 5.37. The fraction of sp³-hybridized carbons (Fsp3) is 0.571. The van der Waals surface area contributed by atoms with Crippen LogP contribution in [0.5, 0.6) is 0 Å². The zero-order chi connectivity index (χ0) is 12.1. The molecule has 2 N–H and O–H groups in total. The van der Waals surface area contributed by atoms with Crippen molar-refractivity contribution < 1.29 is 4.74 Å². The van der Waals surface area contributed by atoms with Crippen LogP contribution < -0.4 is 5.73 Å². The first-order valence-corrected chi connectivity index (χ1v) is 6.27. The number of nitrogens with zero attached hydrogens (tertiary/aromatic N) is 1. The molecule has 1 aromatic carbocycles. The smallest absolute Gasteiger partial charge is 0.0659 e. The fourth-order valence-corrected chi connectivity index (χ4v) is 2.33. The molecule has 0 bridgehead atoms. The molecular weight excluding hydrogens is 212 g/mol. The molecular formula is C14H22N2O. The molecule has 17 heavy (non-hydrogen) atoms. The van der Waals surface area contributed by atoms with E-state index in [0.717, 1.165) is 32.5 Å². The number of nitrogens with two attached hydrogens (primary N) is 1. The van der Waals surface area contributed by atoms with Crippen molar-refractivity contribution in [1.29, 1.82) is 0 Å². The summed E-state index contributed by atoms with van der Waals surface area (Å²) in [5, 5.41) is 0. The van der Waals surface area contributed by atoms with Gasteiger partial charge in [0, 0.05) is 19.7 Å². The molecule has 2 rings (SSSR count). The highest BCUT2D eigenvalue weighted by molar-refractivity contribution is 5.14. The lowest BCUT2D eigenvalue weighted by atomic mass is 9.99. The Labute approximate surface area is 104 Å². The topological polar surface area (TPSA) is 38.5 Å². The second kappa shape index (κ2) is 5.63. The summed E-state index contributed by atoms with van der Waals surface area (Å²) in [4.78, 5) is 2.31. The molecule has 1 fully saturated rings. The van der Waals surface area contributed by atoms with Crippen LogP contribution in [0.15, 0.2) is 30.3 Å². The van der Waals surface area contributed by atoms with Gasteiger partial charge in [-0.2, -0.15) is 0 Å². The summed E-state index contributed by atoms with van der Waals surface area (Å²) in [6.07, 6.45) is 2.05. The normalized spacial score (nSPS) is 24.4. The van der Waals surface area contributed by atoms with Crippen molar-refractivity contribution in [3.05, 3.63) is 35.9 Å². The van der Waals surface area contributed by atoms with Crippen LogP contribution >= 0.6 is 0 Å². The van der Waals surface area contributed by atoms with Crippen LogP contribution in [0.2, 0.25) is 0 Å². The number of ether oxygens (including phenoxy) is 1. The van der Waals surface area contributed by atoms with E-state index in [1.165, 1.54) is 5.56 Å². The third-order valence-corrected chi connectivity index (χ3v) is 3.34. The number of hydrogen-bond acceptors (Lipinski definition) is 3. The molecule has 0 radical (unpaired) electrons. The lowest BCUT2D eigenvalue weighted by molar-refractivity contribution is 0.161. The van der Waals surface area contributed by atoms with Crippen molar-refractivity contribution in [1.82, 2.24) is 4.90 Å². The summed E-state index contributed by atoms with van der Waals surface area (Å²) >= 11 is 0. The van der Waals surface area contributed by atoms with E-state index in [9.17, 15) is 0 Å². The molecule has 94 valence electrons. The Hall–Kier alpha value is -0.900. The Bertz CT molecular complexity index is 333. The molecule has 0 saturated carbocycles. The van der Waals surface area contributed by atoms with E-state index >= 15 is 0 Å². The SMILES string of the molecule is CN(CCc1ccccc1)CC1(N)CCOC1. The number of rotatable bonds is 5. The second-order valence-corrected chi connectivity index (χ2v) is 5.14. The predicted molar refractivity (Wildman–Crippen MR) is 70.0 cm³/mol. The Morgan fingerprint density at radius 1 is 1.35 bits per heavy atom. The van der Waals surface area contributed by atoms with Crippen molar-refractivity contribution in [3.63, 3.8) is 0 Å². The van der Waals surface area contributed by atoms with Crippen molar-refractivity contribution in [2.24, 2.45) is 5.73 Å². The molecule has 0 aromatic heterocycles. The summed E-state index contributed by atoms with van der Waals surface area (Å²) in [7, 11) is 2.13. The van der Waals surface area contributed by atoms with Crippen LogP contribution in [0.3, 0.4) is 0 Å². The monoisotopic (exact) mass is 234 g/mol. The first kappa shape index (κ1) is 12.6. The molecule has 0 aliphatic carbocycles. The van der Waals surface area contributed by atoms with Gasteiger partial charge < -0.3 is 15.4 Å². The highest BCUT2D eigenvalue weighted by Crippen LogP contribution is 2.16. The van der Waals surface area contributed by atoms with Crippen LogP contribution in [0, 0.1) is 0 Å². The van der Waals surface area contributed by atoms with E-state index in [1.807, 2.05) is 0 Å². The lowest BCUT2D eigenvalue weighted by Gasteiger charge is -2.28. The van der Waals surface area contributed by atoms with Gasteiger partial charge in [-0.05, 0) is 25.5 Å². The largest absolute Gasteiger partial charge is 0.379 e. The van der Waals surface area contributed by atoms with Crippen LogP contribution in [0.25, 0.3) is 0 Å². The summed E-state index contributed by atoms with van der Waals surface area (Å²) in [6, 6.07) is 10.6. The summed E-state index contributed by atoms with van der Waals surface area (Å²) in [5.74, 6) is 0. The molecule has 1 aliphatic rings. The second-order valence-electron chi connectivity index (χ2n) is 5.14. The maximum absolute atomic E-state index is 6.26. The zero-order valence-corrected chi connectivity index (χ0v) is 10.6. The molecule has 1 heterocycles. The van der Waals surface area contributed by atoms with Crippen LogP contribution in [-0.2, 0) is 11.2 Å². The maximum Gasteiger partial charge on any atom is 0.0659 e. The molecule has 1 aromatic rings. The third-order valence-electron chi connectivity index (χ3n) is 3.34. The average Bonchev–Trinajstić information content (AvgIpc) is 2.74. The third kappa shape index (κ3) is 3.80. The van der Waals surface area contributed by atoms with Crippen molar-refractivity contribution in [2.45, 2.75) is 18.4 Å². The van der Waals surface area contributed by atoms with Crippen molar-refractivity contribution in [2.75, 3.05) is 33.4 Å². The Morgan fingerprint density at radius 3 is 2.76 bits per heavy atom. The van der Waals surface area contributed by atoms with Crippen LogP contribution in [0.1, 0.15) is 12.0 Å². The summed E-state index contributed by atoms with van der Waals surface area (Å²) in [5.41, 5.74) is 7.51. The highest BCUT2D eigenvalue weighted by Gasteiger charge is 2.31. The molecule has 0 spiro atoms. The highest BCUT2D eigenvalue weighted by atomic mass is 16.5. The first-order chi connectivity index (χ1) is 8.18. The van der Waals surface area contributed by atoms with E-state index in [2.05, 4.69) is 42.3 Å². The van der Waals surface area contributed by atoms with Gasteiger partial charge in [0.15, 0.2) is 0 Å². The van der Waals surface area contributed by atoms with E-state index in [4.69, 9.17) is 10.5 Å². The minimum atomic E-state index is -0.133. The number of likely N-dealkylation sites (N-methyl/N-ethyl adjacent to an activating group) is 1. The van der Waals surface area contributed by atoms with Gasteiger partial charge >= 0.3 is 0 Å². The van der Waals surface area contributed by atoms with E-state index in [0.29, 0.717) is 6.61 Å². The summed E-state index contributed by atoms with van der Waals surface area (Å²) in [6.45, 7) is 3.47. The molecule has 0 amide bonds. The zero-order valence-electron chi connectivity index (χ0n) is 10.6. The predicted octanol–water partition coefficient (Wildman–Crippen LogP) is 1.28. The van der Waals surface area contributed by atoms with Crippen LogP contribution in [-0.4, -0.2) is 43.8 Å². The molecule has 3 heteroatoms. The minimum absolute atomic E-state index is 0.133. The van der Waals surface area contributed by atoms with E-state index < -0.39 is 0 Å². The molecule has 1 unspecified atom stereocenters.